The van der Waals surface area contributed by atoms with Crippen LogP contribution in [0.5, 0.6) is 0 Å². The molecule has 2 rings (SSSR count). The summed E-state index contributed by atoms with van der Waals surface area (Å²) >= 11 is 5.68. The van der Waals surface area contributed by atoms with Gasteiger partial charge in [0, 0.05) is 24.8 Å². The van der Waals surface area contributed by atoms with Crippen molar-refractivity contribution in [2.45, 2.75) is 45.3 Å². The van der Waals surface area contributed by atoms with Crippen LogP contribution in [0.4, 0.5) is 14.9 Å². The Bertz CT molecular complexity index is 545. The van der Waals surface area contributed by atoms with Gasteiger partial charge in [-0.2, -0.15) is 0 Å². The zero-order valence-electron chi connectivity index (χ0n) is 13.2. The van der Waals surface area contributed by atoms with E-state index in [-0.39, 0.29) is 17.2 Å². The summed E-state index contributed by atoms with van der Waals surface area (Å²) in [6.45, 7) is 6.77. The van der Waals surface area contributed by atoms with E-state index in [2.05, 4.69) is 5.32 Å². The third-order valence-corrected chi connectivity index (χ3v) is 3.67. The van der Waals surface area contributed by atoms with E-state index in [4.69, 9.17) is 16.3 Å². The number of rotatable bonds is 2. The number of benzene rings is 1. The molecule has 6 heteroatoms. The van der Waals surface area contributed by atoms with Crippen LogP contribution in [0, 0.1) is 5.82 Å². The Hall–Kier alpha value is -1.49. The van der Waals surface area contributed by atoms with Crippen LogP contribution >= 0.6 is 11.6 Å². The van der Waals surface area contributed by atoms with Crippen LogP contribution in [-0.2, 0) is 4.74 Å². The van der Waals surface area contributed by atoms with Gasteiger partial charge in [-0.15, -0.1) is 0 Å². The summed E-state index contributed by atoms with van der Waals surface area (Å²) in [6, 6.07) is 4.70. The highest BCUT2D eigenvalue weighted by Gasteiger charge is 2.27. The Morgan fingerprint density at radius 3 is 2.82 bits per heavy atom. The first-order valence-electron chi connectivity index (χ1n) is 7.44. The summed E-state index contributed by atoms with van der Waals surface area (Å²) in [5.41, 5.74) is 0.162. The van der Waals surface area contributed by atoms with Crippen molar-refractivity contribution in [1.29, 1.82) is 0 Å². The van der Waals surface area contributed by atoms with Crippen LogP contribution in [-0.4, -0.2) is 35.7 Å². The van der Waals surface area contributed by atoms with Gasteiger partial charge in [-0.25, -0.2) is 9.18 Å². The predicted molar refractivity (Wildman–Crippen MR) is 85.9 cm³/mol. The summed E-state index contributed by atoms with van der Waals surface area (Å²) in [5.74, 6) is -0.452. The first-order chi connectivity index (χ1) is 10.2. The number of carbonyl (C=O) groups is 1. The van der Waals surface area contributed by atoms with Crippen LogP contribution in [0.1, 0.15) is 33.6 Å². The van der Waals surface area contributed by atoms with Gasteiger partial charge in [0.1, 0.15) is 11.4 Å². The molecule has 1 aliphatic rings. The minimum atomic E-state index is -0.503. The second-order valence-corrected chi connectivity index (χ2v) is 6.95. The molecule has 22 heavy (non-hydrogen) atoms. The van der Waals surface area contributed by atoms with Gasteiger partial charge in [0.25, 0.3) is 0 Å². The van der Waals surface area contributed by atoms with Crippen molar-refractivity contribution in [3.8, 4) is 0 Å². The van der Waals surface area contributed by atoms with Crippen molar-refractivity contribution in [2.24, 2.45) is 0 Å². The van der Waals surface area contributed by atoms with E-state index in [9.17, 15) is 9.18 Å². The molecule has 0 spiro atoms. The maximum atomic E-state index is 13.5. The van der Waals surface area contributed by atoms with Crippen molar-refractivity contribution in [3.05, 3.63) is 29.0 Å². The molecule has 1 aromatic rings. The first kappa shape index (κ1) is 16.9. The van der Waals surface area contributed by atoms with E-state index in [0.29, 0.717) is 18.8 Å². The molecule has 1 amide bonds. The average molecular weight is 329 g/mol. The van der Waals surface area contributed by atoms with Gasteiger partial charge in [-0.1, -0.05) is 11.6 Å². The maximum absolute atomic E-state index is 13.5. The molecule has 1 unspecified atom stereocenters. The zero-order valence-corrected chi connectivity index (χ0v) is 13.9. The van der Waals surface area contributed by atoms with Crippen LogP contribution < -0.4 is 5.32 Å². The average Bonchev–Trinajstić information content (AvgIpc) is 2.41. The molecule has 4 nitrogen and oxygen atoms in total. The molecule has 0 aliphatic carbocycles. The minimum absolute atomic E-state index is 0.0712. The van der Waals surface area contributed by atoms with E-state index in [1.54, 1.807) is 11.0 Å². The number of nitrogens with one attached hydrogen (secondary N) is 1. The summed E-state index contributed by atoms with van der Waals surface area (Å²) in [6.07, 6.45) is 1.50. The van der Waals surface area contributed by atoms with E-state index < -0.39 is 11.4 Å². The number of amides is 1. The molecule has 1 N–H and O–H groups in total. The van der Waals surface area contributed by atoms with Crippen molar-refractivity contribution < 1.29 is 13.9 Å². The molecule has 1 saturated heterocycles. The van der Waals surface area contributed by atoms with Gasteiger partial charge in [-0.05, 0) is 51.8 Å². The lowest BCUT2D eigenvalue weighted by molar-refractivity contribution is 0.0206. The molecule has 0 radical (unpaired) electrons. The highest BCUT2D eigenvalue weighted by atomic mass is 35.5. The number of anilines is 1. The highest BCUT2D eigenvalue weighted by Crippen LogP contribution is 2.22. The molecule has 1 heterocycles. The third kappa shape index (κ3) is 4.77. The van der Waals surface area contributed by atoms with Crippen molar-refractivity contribution in [2.75, 3.05) is 18.4 Å². The predicted octanol–water partition coefficient (Wildman–Crippen LogP) is 4.29. The highest BCUT2D eigenvalue weighted by molar-refractivity contribution is 6.30. The van der Waals surface area contributed by atoms with Crippen LogP contribution in [0.15, 0.2) is 18.2 Å². The molecule has 1 fully saturated rings. The van der Waals surface area contributed by atoms with E-state index in [1.807, 2.05) is 20.8 Å². The van der Waals surface area contributed by atoms with Crippen molar-refractivity contribution >= 4 is 23.4 Å². The first-order valence-corrected chi connectivity index (χ1v) is 7.82. The fraction of sp³-hybridized carbons (Fsp3) is 0.562. The number of hydrogen-bond acceptors (Lipinski definition) is 3. The summed E-state index contributed by atoms with van der Waals surface area (Å²) in [4.78, 5) is 13.8. The van der Waals surface area contributed by atoms with Crippen LogP contribution in [0.3, 0.4) is 0 Å². The Morgan fingerprint density at radius 1 is 1.45 bits per heavy atom. The smallest absolute Gasteiger partial charge is 0.410 e. The minimum Gasteiger partial charge on any atom is -0.444 e. The van der Waals surface area contributed by atoms with Crippen molar-refractivity contribution in [3.63, 3.8) is 0 Å². The van der Waals surface area contributed by atoms with E-state index >= 15 is 0 Å². The van der Waals surface area contributed by atoms with Gasteiger partial charge in [-0.3, -0.25) is 0 Å². The van der Waals surface area contributed by atoms with Crippen LogP contribution in [0.2, 0.25) is 5.02 Å². The maximum Gasteiger partial charge on any atom is 0.410 e. The molecule has 1 atom stereocenters. The fourth-order valence-corrected chi connectivity index (χ4v) is 2.53. The Kier molecular flexibility index (Phi) is 5.16. The molecule has 1 aliphatic heterocycles. The monoisotopic (exact) mass is 328 g/mol. The second kappa shape index (κ2) is 6.73. The van der Waals surface area contributed by atoms with Crippen LogP contribution in [0.25, 0.3) is 0 Å². The normalized spacial score (nSPS) is 19.0. The summed E-state index contributed by atoms with van der Waals surface area (Å²) < 4.78 is 18.9. The van der Waals surface area contributed by atoms with Gasteiger partial charge in [0.05, 0.1) is 5.02 Å². The number of nitrogens with zero attached hydrogens (tertiary/aromatic N) is 1. The molecule has 0 bridgehead atoms. The quantitative estimate of drug-likeness (QED) is 0.880. The Morgan fingerprint density at radius 2 is 2.18 bits per heavy atom. The summed E-state index contributed by atoms with van der Waals surface area (Å²) in [7, 11) is 0. The molecular formula is C16H22ClFN2O2. The molecular weight excluding hydrogens is 307 g/mol. The second-order valence-electron chi connectivity index (χ2n) is 6.54. The van der Waals surface area contributed by atoms with Gasteiger partial charge < -0.3 is 15.0 Å². The molecule has 0 saturated carbocycles. The zero-order chi connectivity index (χ0) is 16.3. The number of piperidine rings is 1. The lowest BCUT2D eigenvalue weighted by Gasteiger charge is -2.34. The molecule has 0 aromatic heterocycles. The molecule has 1 aromatic carbocycles. The topological polar surface area (TPSA) is 41.6 Å². The lowest BCUT2D eigenvalue weighted by atomic mass is 10.1. The number of hydrogen-bond donors (Lipinski definition) is 1. The van der Waals surface area contributed by atoms with Gasteiger partial charge >= 0.3 is 6.09 Å². The Balaban J connectivity index is 1.95. The van der Waals surface area contributed by atoms with Crippen molar-refractivity contribution in [1.82, 2.24) is 4.90 Å². The molecule has 122 valence electrons. The number of carbonyl (C=O) groups excluding carboxylic acids is 1. The third-order valence-electron chi connectivity index (χ3n) is 3.36. The number of ether oxygens (including phenoxy) is 1. The summed E-state index contributed by atoms with van der Waals surface area (Å²) in [5, 5.41) is 3.35. The number of halogens is 2. The lowest BCUT2D eigenvalue weighted by Crippen LogP contribution is -2.46. The van der Waals surface area contributed by atoms with Gasteiger partial charge in [0.15, 0.2) is 0 Å². The largest absolute Gasteiger partial charge is 0.444 e. The van der Waals surface area contributed by atoms with E-state index in [0.717, 1.165) is 12.8 Å². The fourth-order valence-electron chi connectivity index (χ4n) is 2.41. The Labute approximate surface area is 135 Å². The standard InChI is InChI=1S/C16H22ClFN2O2/c1-16(2,3)22-15(21)20-8-4-5-12(10-20)19-11-6-7-13(17)14(18)9-11/h6-7,9,12,19H,4-5,8,10H2,1-3H3. The SMILES string of the molecule is CC(C)(C)OC(=O)N1CCCC(Nc2ccc(Cl)c(F)c2)C1. The number of likely N-dealkylation sites (tertiary alicyclic amines) is 1. The van der Waals surface area contributed by atoms with E-state index in [1.165, 1.54) is 12.1 Å². The van der Waals surface area contributed by atoms with Gasteiger partial charge in [0.2, 0.25) is 0 Å².